The van der Waals surface area contributed by atoms with Crippen molar-refractivity contribution < 1.29 is 9.13 Å². The van der Waals surface area contributed by atoms with Crippen molar-refractivity contribution in [3.8, 4) is 0 Å². The van der Waals surface area contributed by atoms with Gasteiger partial charge in [0.25, 0.3) is 0 Å². The van der Waals surface area contributed by atoms with Crippen LogP contribution >= 0.6 is 0 Å². The van der Waals surface area contributed by atoms with Gasteiger partial charge in [-0.15, -0.1) is 0 Å². The second kappa shape index (κ2) is 4.21. The van der Waals surface area contributed by atoms with Crippen LogP contribution in [0.25, 0.3) is 0 Å². The van der Waals surface area contributed by atoms with Crippen LogP contribution < -0.4 is 0 Å². The zero-order chi connectivity index (χ0) is 8.97. The molecule has 12 heavy (non-hydrogen) atoms. The summed E-state index contributed by atoms with van der Waals surface area (Å²) in [7, 11) is 1.67. The molecule has 0 aliphatic rings. The molecular weight excluding hydrogens is 155 g/mol. The quantitative estimate of drug-likeness (QED) is 0.674. The maximum atomic E-state index is 12.5. The molecule has 0 saturated carbocycles. The summed E-state index contributed by atoms with van der Waals surface area (Å²) >= 11 is 0. The molecule has 66 valence electrons. The lowest BCUT2D eigenvalue weighted by Crippen LogP contribution is -2.01. The van der Waals surface area contributed by atoms with Crippen molar-refractivity contribution in [2.75, 3.05) is 13.7 Å². The van der Waals surface area contributed by atoms with Crippen molar-refractivity contribution in [1.29, 1.82) is 0 Å². The predicted molar refractivity (Wildman–Crippen MR) is 46.7 cm³/mol. The van der Waals surface area contributed by atoms with Crippen LogP contribution in [-0.4, -0.2) is 13.7 Å². The summed E-state index contributed by atoms with van der Waals surface area (Å²) in [6.07, 6.45) is 0. The van der Waals surface area contributed by atoms with Crippen molar-refractivity contribution >= 4 is 0 Å². The monoisotopic (exact) mass is 168 g/mol. The van der Waals surface area contributed by atoms with E-state index in [4.69, 9.17) is 4.74 Å². The first-order valence-electron chi connectivity index (χ1n) is 3.98. The Morgan fingerprint density at radius 3 is 2.42 bits per heavy atom. The van der Waals surface area contributed by atoms with Gasteiger partial charge in [0.05, 0.1) is 6.61 Å². The van der Waals surface area contributed by atoms with Crippen molar-refractivity contribution in [2.24, 2.45) is 0 Å². The minimum Gasteiger partial charge on any atom is -0.384 e. The van der Waals surface area contributed by atoms with E-state index in [0.29, 0.717) is 12.5 Å². The molecule has 0 N–H and O–H groups in total. The number of rotatable bonds is 3. The number of benzene rings is 1. The minimum absolute atomic E-state index is 0.191. The molecule has 1 rings (SSSR count). The van der Waals surface area contributed by atoms with Gasteiger partial charge in [0.1, 0.15) is 5.82 Å². The van der Waals surface area contributed by atoms with Crippen LogP contribution in [0.3, 0.4) is 0 Å². The Bertz CT molecular complexity index is 230. The molecule has 1 aromatic rings. The molecule has 0 radical (unpaired) electrons. The van der Waals surface area contributed by atoms with Crippen molar-refractivity contribution in [1.82, 2.24) is 0 Å². The van der Waals surface area contributed by atoms with E-state index < -0.39 is 0 Å². The normalized spacial score (nSPS) is 12.9. The second-order valence-corrected chi connectivity index (χ2v) is 2.91. The van der Waals surface area contributed by atoms with Gasteiger partial charge < -0.3 is 4.74 Å². The Morgan fingerprint density at radius 2 is 1.92 bits per heavy atom. The Hall–Kier alpha value is -0.890. The third-order valence-electron chi connectivity index (χ3n) is 1.86. The molecule has 0 spiro atoms. The summed E-state index contributed by atoms with van der Waals surface area (Å²) in [5, 5.41) is 0. The first-order valence-corrected chi connectivity index (χ1v) is 3.98. The zero-order valence-electron chi connectivity index (χ0n) is 7.38. The lowest BCUT2D eigenvalue weighted by Gasteiger charge is -2.09. The van der Waals surface area contributed by atoms with Crippen LogP contribution in [-0.2, 0) is 4.74 Å². The van der Waals surface area contributed by atoms with Crippen molar-refractivity contribution in [3.63, 3.8) is 0 Å². The molecule has 2 heteroatoms. The van der Waals surface area contributed by atoms with Gasteiger partial charge in [-0.05, 0) is 17.7 Å². The molecule has 0 heterocycles. The molecule has 0 saturated heterocycles. The molecule has 0 aromatic heterocycles. The third kappa shape index (κ3) is 2.31. The Kier molecular flexibility index (Phi) is 3.23. The fourth-order valence-electron chi connectivity index (χ4n) is 1.14. The summed E-state index contributed by atoms with van der Waals surface area (Å²) in [6, 6.07) is 6.53. The molecule has 0 bridgehead atoms. The fourth-order valence-corrected chi connectivity index (χ4v) is 1.14. The van der Waals surface area contributed by atoms with Gasteiger partial charge in [0.2, 0.25) is 0 Å². The first kappa shape index (κ1) is 9.20. The molecule has 0 aliphatic heterocycles. The Labute approximate surface area is 72.2 Å². The SMILES string of the molecule is COC[C@H](C)c1ccc(F)cc1. The van der Waals surface area contributed by atoms with Gasteiger partial charge in [-0.3, -0.25) is 0 Å². The lowest BCUT2D eigenvalue weighted by molar-refractivity contribution is 0.184. The van der Waals surface area contributed by atoms with Gasteiger partial charge in [-0.1, -0.05) is 19.1 Å². The molecule has 0 fully saturated rings. The number of halogens is 1. The van der Waals surface area contributed by atoms with Crippen molar-refractivity contribution in [2.45, 2.75) is 12.8 Å². The zero-order valence-corrected chi connectivity index (χ0v) is 7.38. The molecule has 1 aromatic carbocycles. The van der Waals surface area contributed by atoms with E-state index in [0.717, 1.165) is 5.56 Å². The van der Waals surface area contributed by atoms with E-state index in [1.165, 1.54) is 12.1 Å². The predicted octanol–water partition coefficient (Wildman–Crippen LogP) is 2.58. The van der Waals surface area contributed by atoms with E-state index >= 15 is 0 Å². The highest BCUT2D eigenvalue weighted by atomic mass is 19.1. The number of methoxy groups -OCH3 is 1. The average molecular weight is 168 g/mol. The summed E-state index contributed by atoms with van der Waals surface area (Å²) in [6.45, 7) is 2.72. The summed E-state index contributed by atoms with van der Waals surface area (Å²) < 4.78 is 17.5. The van der Waals surface area contributed by atoms with E-state index in [-0.39, 0.29) is 5.82 Å². The lowest BCUT2D eigenvalue weighted by atomic mass is 10.0. The summed E-state index contributed by atoms with van der Waals surface area (Å²) in [5.74, 6) is 0.138. The highest BCUT2D eigenvalue weighted by molar-refractivity contribution is 5.19. The molecule has 0 amide bonds. The number of hydrogen-bond donors (Lipinski definition) is 0. The molecule has 0 aliphatic carbocycles. The van der Waals surface area contributed by atoms with Gasteiger partial charge in [-0.25, -0.2) is 4.39 Å². The maximum absolute atomic E-state index is 12.5. The highest BCUT2D eigenvalue weighted by Gasteiger charge is 2.03. The largest absolute Gasteiger partial charge is 0.384 e. The number of hydrogen-bond acceptors (Lipinski definition) is 1. The van der Waals surface area contributed by atoms with Crippen molar-refractivity contribution in [3.05, 3.63) is 35.6 Å². The van der Waals surface area contributed by atoms with E-state index in [1.54, 1.807) is 19.2 Å². The van der Waals surface area contributed by atoms with E-state index in [2.05, 4.69) is 6.92 Å². The smallest absolute Gasteiger partial charge is 0.123 e. The summed E-state index contributed by atoms with van der Waals surface area (Å²) in [5.41, 5.74) is 1.11. The van der Waals surface area contributed by atoms with Crippen LogP contribution in [0.5, 0.6) is 0 Å². The van der Waals surface area contributed by atoms with Gasteiger partial charge in [-0.2, -0.15) is 0 Å². The van der Waals surface area contributed by atoms with Gasteiger partial charge >= 0.3 is 0 Å². The minimum atomic E-state index is -0.191. The third-order valence-corrected chi connectivity index (χ3v) is 1.86. The first-order chi connectivity index (χ1) is 5.74. The van der Waals surface area contributed by atoms with Crippen LogP contribution in [0.15, 0.2) is 24.3 Å². The standard InChI is InChI=1S/C10H13FO/c1-8(7-12-2)9-3-5-10(11)6-4-9/h3-6,8H,7H2,1-2H3/t8-/m0/s1. The van der Waals surface area contributed by atoms with Gasteiger partial charge in [0, 0.05) is 13.0 Å². The molecule has 0 unspecified atom stereocenters. The van der Waals surface area contributed by atoms with Crippen LogP contribution in [0, 0.1) is 5.82 Å². The maximum Gasteiger partial charge on any atom is 0.123 e. The Morgan fingerprint density at radius 1 is 1.33 bits per heavy atom. The molecule has 1 nitrogen and oxygen atoms in total. The topological polar surface area (TPSA) is 9.23 Å². The summed E-state index contributed by atoms with van der Waals surface area (Å²) in [4.78, 5) is 0. The average Bonchev–Trinajstić information content (AvgIpc) is 2.06. The van der Waals surface area contributed by atoms with Crippen LogP contribution in [0.2, 0.25) is 0 Å². The molecular formula is C10H13FO. The second-order valence-electron chi connectivity index (χ2n) is 2.91. The van der Waals surface area contributed by atoms with E-state index in [1.807, 2.05) is 0 Å². The number of ether oxygens (including phenoxy) is 1. The van der Waals surface area contributed by atoms with Crippen LogP contribution in [0.1, 0.15) is 18.4 Å². The Balaban J connectivity index is 2.68. The van der Waals surface area contributed by atoms with E-state index in [9.17, 15) is 4.39 Å². The fraction of sp³-hybridized carbons (Fsp3) is 0.400. The molecule has 1 atom stereocenters. The highest BCUT2D eigenvalue weighted by Crippen LogP contribution is 2.15. The van der Waals surface area contributed by atoms with Crippen LogP contribution in [0.4, 0.5) is 4.39 Å². The van der Waals surface area contributed by atoms with Gasteiger partial charge in [0.15, 0.2) is 0 Å².